The van der Waals surface area contributed by atoms with Gasteiger partial charge in [0.2, 0.25) is 0 Å². The Morgan fingerprint density at radius 3 is 2.54 bits per heavy atom. The number of aromatic nitrogens is 2. The summed E-state index contributed by atoms with van der Waals surface area (Å²) in [6, 6.07) is 16.8. The number of fused-ring (bicyclic) bond motifs is 1. The van der Waals surface area contributed by atoms with Gasteiger partial charge in [0.1, 0.15) is 17.8 Å². The van der Waals surface area contributed by atoms with Crippen LogP contribution in [0.15, 0.2) is 77.4 Å². The first-order valence-electron chi connectivity index (χ1n) is 10.5. The first kappa shape index (κ1) is 24.5. The van der Waals surface area contributed by atoms with Gasteiger partial charge in [0.15, 0.2) is 0 Å². The molecule has 6 nitrogen and oxygen atoms in total. The Hall–Kier alpha value is -3.66. The minimum atomic E-state index is -4.48. The van der Waals surface area contributed by atoms with E-state index in [2.05, 4.69) is 26.2 Å². The summed E-state index contributed by atoms with van der Waals surface area (Å²) < 4.78 is 46.8. The van der Waals surface area contributed by atoms with E-state index >= 15 is 0 Å². The molecule has 2 aromatic heterocycles. The summed E-state index contributed by atoms with van der Waals surface area (Å²) in [6.07, 6.45) is -2.92. The van der Waals surface area contributed by atoms with Gasteiger partial charge in [-0.15, -0.1) is 0 Å². The lowest BCUT2D eigenvalue weighted by molar-refractivity contribution is -0.137. The predicted octanol–water partition coefficient (Wildman–Crippen LogP) is 5.45. The number of hydrogen-bond acceptors (Lipinski definition) is 4. The molecule has 4 aromatic rings. The number of alkyl halides is 3. The van der Waals surface area contributed by atoms with Crippen molar-refractivity contribution in [1.82, 2.24) is 14.9 Å². The molecule has 0 aliphatic rings. The van der Waals surface area contributed by atoms with E-state index in [-0.39, 0.29) is 25.4 Å². The fourth-order valence-electron chi connectivity index (χ4n) is 3.60. The Morgan fingerprint density at radius 1 is 1.03 bits per heavy atom. The Kier molecular flexibility index (Phi) is 7.20. The summed E-state index contributed by atoms with van der Waals surface area (Å²) in [6.45, 7) is 0.00894. The Bertz CT molecular complexity index is 1370. The van der Waals surface area contributed by atoms with Crippen LogP contribution >= 0.6 is 15.9 Å². The fraction of sp³-hybridized carbons (Fsp3) is 0.160. The number of amides is 1. The maximum atomic E-state index is 13.2. The van der Waals surface area contributed by atoms with Gasteiger partial charge in [0, 0.05) is 12.7 Å². The van der Waals surface area contributed by atoms with Crippen LogP contribution in [0.2, 0.25) is 0 Å². The molecule has 180 valence electrons. The third-order valence-corrected chi connectivity index (χ3v) is 5.95. The van der Waals surface area contributed by atoms with Crippen LogP contribution in [0.4, 0.5) is 13.2 Å². The molecule has 10 heteroatoms. The normalized spacial score (nSPS) is 11.4. The van der Waals surface area contributed by atoms with Crippen LogP contribution in [-0.4, -0.2) is 34.6 Å². The molecule has 0 saturated heterocycles. The second-order valence-electron chi connectivity index (χ2n) is 7.58. The van der Waals surface area contributed by atoms with E-state index in [1.54, 1.807) is 59.3 Å². The molecule has 0 radical (unpaired) electrons. The van der Waals surface area contributed by atoms with Crippen molar-refractivity contribution in [3.05, 3.63) is 99.8 Å². The quantitative estimate of drug-likeness (QED) is 0.247. The molecular formula is C25H19BrF3N3O3. The third kappa shape index (κ3) is 5.54. The van der Waals surface area contributed by atoms with Gasteiger partial charge in [0.05, 0.1) is 27.7 Å². The molecule has 0 fully saturated rings. The first-order chi connectivity index (χ1) is 16.8. The molecule has 0 saturated carbocycles. The molecule has 0 aliphatic carbocycles. The summed E-state index contributed by atoms with van der Waals surface area (Å²) in [5.41, 5.74) is 1.28. The van der Waals surface area contributed by atoms with Crippen molar-refractivity contribution in [2.24, 2.45) is 0 Å². The van der Waals surface area contributed by atoms with Crippen LogP contribution in [-0.2, 0) is 17.5 Å². The van der Waals surface area contributed by atoms with Gasteiger partial charge in [-0.05, 0) is 57.9 Å². The lowest BCUT2D eigenvalue weighted by Gasteiger charge is -2.13. The van der Waals surface area contributed by atoms with E-state index in [4.69, 9.17) is 4.74 Å². The Labute approximate surface area is 206 Å². The SMILES string of the molecule is O=C(OCCNC(=O)c1c(Br)c2ncccc2n1Cc1cccc(C(F)(F)F)c1)c1ccccc1. The number of halogens is 4. The Morgan fingerprint density at radius 2 is 1.80 bits per heavy atom. The van der Waals surface area contributed by atoms with Crippen LogP contribution in [0.25, 0.3) is 11.0 Å². The van der Waals surface area contributed by atoms with Crippen molar-refractivity contribution in [2.75, 3.05) is 13.2 Å². The smallest absolute Gasteiger partial charge is 0.416 e. The molecule has 0 spiro atoms. The number of nitrogens with zero attached hydrogens (tertiary/aromatic N) is 2. The van der Waals surface area contributed by atoms with Crippen LogP contribution in [0, 0.1) is 0 Å². The van der Waals surface area contributed by atoms with E-state index in [9.17, 15) is 22.8 Å². The summed E-state index contributed by atoms with van der Waals surface area (Å²) in [5.74, 6) is -0.999. The molecule has 35 heavy (non-hydrogen) atoms. The molecule has 4 rings (SSSR count). The van der Waals surface area contributed by atoms with Gasteiger partial charge in [-0.3, -0.25) is 9.78 Å². The predicted molar refractivity (Wildman–Crippen MR) is 127 cm³/mol. The van der Waals surface area contributed by atoms with E-state index in [0.29, 0.717) is 26.6 Å². The van der Waals surface area contributed by atoms with Crippen LogP contribution in [0.3, 0.4) is 0 Å². The molecule has 0 aliphatic heterocycles. The number of esters is 1. The minimum absolute atomic E-state index is 0.0173. The van der Waals surface area contributed by atoms with E-state index in [1.165, 1.54) is 6.07 Å². The van der Waals surface area contributed by atoms with Crippen LogP contribution < -0.4 is 5.32 Å². The minimum Gasteiger partial charge on any atom is -0.460 e. The monoisotopic (exact) mass is 545 g/mol. The highest BCUT2D eigenvalue weighted by Gasteiger charge is 2.30. The summed E-state index contributed by atoms with van der Waals surface area (Å²) >= 11 is 3.42. The topological polar surface area (TPSA) is 73.2 Å². The number of hydrogen-bond donors (Lipinski definition) is 1. The molecule has 1 amide bonds. The van der Waals surface area contributed by atoms with Gasteiger partial charge in [-0.1, -0.05) is 30.3 Å². The van der Waals surface area contributed by atoms with E-state index < -0.39 is 23.6 Å². The molecule has 2 aromatic carbocycles. The van der Waals surface area contributed by atoms with Crippen molar-refractivity contribution in [3.63, 3.8) is 0 Å². The van der Waals surface area contributed by atoms with Gasteiger partial charge >= 0.3 is 12.1 Å². The summed E-state index contributed by atoms with van der Waals surface area (Å²) in [5, 5.41) is 2.69. The van der Waals surface area contributed by atoms with Gasteiger partial charge in [-0.25, -0.2) is 4.79 Å². The number of carbonyl (C=O) groups excluding carboxylic acids is 2. The highest BCUT2D eigenvalue weighted by molar-refractivity contribution is 9.10. The number of pyridine rings is 1. The second-order valence-corrected chi connectivity index (χ2v) is 8.37. The molecule has 2 heterocycles. The largest absolute Gasteiger partial charge is 0.460 e. The van der Waals surface area contributed by atoms with Crippen molar-refractivity contribution < 1.29 is 27.5 Å². The number of benzene rings is 2. The third-order valence-electron chi connectivity index (χ3n) is 5.20. The van der Waals surface area contributed by atoms with Gasteiger partial charge in [-0.2, -0.15) is 13.2 Å². The van der Waals surface area contributed by atoms with Crippen LogP contribution in [0.1, 0.15) is 32.0 Å². The van der Waals surface area contributed by atoms with E-state index in [0.717, 1.165) is 12.1 Å². The fourth-order valence-corrected chi connectivity index (χ4v) is 4.30. The second kappa shape index (κ2) is 10.3. The molecule has 0 unspecified atom stereocenters. The Balaban J connectivity index is 1.53. The maximum Gasteiger partial charge on any atom is 0.416 e. The molecule has 0 atom stereocenters. The van der Waals surface area contributed by atoms with E-state index in [1.807, 2.05) is 0 Å². The summed E-state index contributed by atoms with van der Waals surface area (Å²) in [4.78, 5) is 29.4. The highest BCUT2D eigenvalue weighted by Crippen LogP contribution is 2.32. The highest BCUT2D eigenvalue weighted by atomic mass is 79.9. The average Bonchev–Trinajstić information content (AvgIpc) is 3.13. The molecule has 1 N–H and O–H groups in total. The van der Waals surface area contributed by atoms with Gasteiger partial charge in [0.25, 0.3) is 5.91 Å². The first-order valence-corrected chi connectivity index (χ1v) is 11.3. The standard InChI is InChI=1S/C25H19BrF3N3O3/c26-20-21-19(10-5-11-30-21)32(15-16-6-4-9-18(14-16)25(27,28)29)22(20)23(33)31-12-13-35-24(34)17-7-2-1-3-8-17/h1-11,14H,12-13,15H2,(H,31,33). The zero-order chi connectivity index (χ0) is 25.0. The van der Waals surface area contributed by atoms with Crippen molar-refractivity contribution >= 4 is 38.8 Å². The number of carbonyl (C=O) groups is 2. The number of ether oxygens (including phenoxy) is 1. The number of rotatable bonds is 7. The lowest BCUT2D eigenvalue weighted by Crippen LogP contribution is -2.30. The summed E-state index contributed by atoms with van der Waals surface area (Å²) in [7, 11) is 0. The number of nitrogens with one attached hydrogen (secondary N) is 1. The molecular weight excluding hydrogens is 527 g/mol. The molecule has 0 bridgehead atoms. The zero-order valence-electron chi connectivity index (χ0n) is 18.2. The average molecular weight is 546 g/mol. The maximum absolute atomic E-state index is 13.2. The lowest BCUT2D eigenvalue weighted by atomic mass is 10.1. The van der Waals surface area contributed by atoms with Crippen LogP contribution in [0.5, 0.6) is 0 Å². The van der Waals surface area contributed by atoms with Gasteiger partial charge < -0.3 is 14.6 Å². The van der Waals surface area contributed by atoms with Crippen molar-refractivity contribution in [2.45, 2.75) is 12.7 Å². The van der Waals surface area contributed by atoms with Crippen molar-refractivity contribution in [1.29, 1.82) is 0 Å². The zero-order valence-corrected chi connectivity index (χ0v) is 19.8. The van der Waals surface area contributed by atoms with Crippen molar-refractivity contribution in [3.8, 4) is 0 Å².